The summed E-state index contributed by atoms with van der Waals surface area (Å²) in [4.78, 5) is 0. The fourth-order valence-corrected chi connectivity index (χ4v) is 1.73. The van der Waals surface area contributed by atoms with Crippen LogP contribution in [0.25, 0.3) is 0 Å². The van der Waals surface area contributed by atoms with Crippen LogP contribution < -0.4 is 5.32 Å². The van der Waals surface area contributed by atoms with Gasteiger partial charge in [-0.05, 0) is 42.5 Å². The molecular weight excluding hydrogens is 158 g/mol. The lowest BCUT2D eigenvalue weighted by Crippen LogP contribution is -1.89. The van der Waals surface area contributed by atoms with Crippen molar-refractivity contribution in [2.75, 3.05) is 12.4 Å². The number of hydrogen-bond donors (Lipinski definition) is 1. The third-order valence-electron chi connectivity index (χ3n) is 2.39. The van der Waals surface area contributed by atoms with E-state index in [1.165, 1.54) is 30.5 Å². The van der Waals surface area contributed by atoms with Gasteiger partial charge in [0.05, 0.1) is 0 Å². The molecule has 1 aliphatic carbocycles. The summed E-state index contributed by atoms with van der Waals surface area (Å²) >= 11 is 0. The molecule has 72 valence electrons. The van der Waals surface area contributed by atoms with Gasteiger partial charge in [-0.3, -0.25) is 0 Å². The Morgan fingerprint density at radius 1 is 1.08 bits per heavy atom. The Morgan fingerprint density at radius 2 is 1.77 bits per heavy atom. The highest BCUT2D eigenvalue weighted by Gasteiger charge is 2.09. The van der Waals surface area contributed by atoms with Gasteiger partial charge in [0.15, 0.2) is 0 Å². The molecule has 0 saturated heterocycles. The fraction of sp³-hybridized carbons (Fsp3) is 0.500. The zero-order chi connectivity index (χ0) is 9.68. The van der Waals surface area contributed by atoms with Crippen LogP contribution in [0.5, 0.6) is 0 Å². The predicted octanol–water partition coefficient (Wildman–Crippen LogP) is 3.24. The van der Waals surface area contributed by atoms with Crippen LogP contribution >= 0.6 is 0 Å². The second-order valence-corrected chi connectivity index (χ2v) is 3.09. The van der Waals surface area contributed by atoms with E-state index in [0.717, 1.165) is 0 Å². The monoisotopic (exact) mass is 177 g/mol. The number of benzene rings is 1. The van der Waals surface area contributed by atoms with Gasteiger partial charge >= 0.3 is 0 Å². The minimum absolute atomic E-state index is 1.24. The molecule has 0 bridgehead atoms. The van der Waals surface area contributed by atoms with Crippen LogP contribution in [0.4, 0.5) is 5.69 Å². The summed E-state index contributed by atoms with van der Waals surface area (Å²) in [6.45, 7) is 4.00. The van der Waals surface area contributed by atoms with Gasteiger partial charge in [-0.15, -0.1) is 0 Å². The second kappa shape index (κ2) is 4.90. The Labute approximate surface area is 81.2 Å². The van der Waals surface area contributed by atoms with Crippen molar-refractivity contribution in [1.29, 1.82) is 0 Å². The van der Waals surface area contributed by atoms with E-state index in [4.69, 9.17) is 0 Å². The topological polar surface area (TPSA) is 12.0 Å². The number of rotatable bonds is 1. The van der Waals surface area contributed by atoms with Crippen LogP contribution in [-0.4, -0.2) is 7.05 Å². The molecular formula is C12H19N. The molecule has 0 radical (unpaired) electrons. The highest BCUT2D eigenvalue weighted by atomic mass is 14.8. The van der Waals surface area contributed by atoms with E-state index in [1.54, 1.807) is 5.56 Å². The third-order valence-corrected chi connectivity index (χ3v) is 2.39. The zero-order valence-corrected chi connectivity index (χ0v) is 8.85. The van der Waals surface area contributed by atoms with Gasteiger partial charge in [-0.2, -0.15) is 0 Å². The first kappa shape index (κ1) is 10.1. The number of aryl methyl sites for hydroxylation is 2. The standard InChI is InChI=1S/C10H13N.C2H6/c1-11-10-6-5-8-3-2-4-9(8)7-10;1-2/h5-7,11H,2-4H2,1H3;1-2H3. The Hall–Kier alpha value is -0.980. The van der Waals surface area contributed by atoms with Crippen LogP contribution in [0.3, 0.4) is 0 Å². The zero-order valence-electron chi connectivity index (χ0n) is 8.85. The molecule has 1 N–H and O–H groups in total. The molecule has 1 aromatic carbocycles. The van der Waals surface area contributed by atoms with Crippen molar-refractivity contribution >= 4 is 5.69 Å². The Morgan fingerprint density at radius 3 is 2.46 bits per heavy atom. The van der Waals surface area contributed by atoms with E-state index in [2.05, 4.69) is 23.5 Å². The molecule has 0 aromatic heterocycles. The van der Waals surface area contributed by atoms with E-state index in [0.29, 0.717) is 0 Å². The summed E-state index contributed by atoms with van der Waals surface area (Å²) in [5.41, 5.74) is 4.33. The number of anilines is 1. The minimum Gasteiger partial charge on any atom is -0.388 e. The Kier molecular flexibility index (Phi) is 3.81. The average Bonchev–Trinajstić information content (AvgIpc) is 2.67. The lowest BCUT2D eigenvalue weighted by atomic mass is 10.1. The first-order chi connectivity index (χ1) is 6.40. The summed E-state index contributed by atoms with van der Waals surface area (Å²) in [5.74, 6) is 0. The van der Waals surface area contributed by atoms with Gasteiger partial charge < -0.3 is 5.32 Å². The van der Waals surface area contributed by atoms with Crippen LogP contribution in [-0.2, 0) is 12.8 Å². The second-order valence-electron chi connectivity index (χ2n) is 3.09. The van der Waals surface area contributed by atoms with Crippen molar-refractivity contribution < 1.29 is 0 Å². The molecule has 13 heavy (non-hydrogen) atoms. The molecule has 0 fully saturated rings. The van der Waals surface area contributed by atoms with Crippen LogP contribution in [0.15, 0.2) is 18.2 Å². The van der Waals surface area contributed by atoms with E-state index in [9.17, 15) is 0 Å². The maximum absolute atomic E-state index is 3.16. The molecule has 1 aromatic rings. The molecule has 0 unspecified atom stereocenters. The van der Waals surface area contributed by atoms with Crippen molar-refractivity contribution in [3.63, 3.8) is 0 Å². The average molecular weight is 177 g/mol. The minimum atomic E-state index is 1.24. The van der Waals surface area contributed by atoms with Gasteiger partial charge in [-0.1, -0.05) is 19.9 Å². The van der Waals surface area contributed by atoms with E-state index >= 15 is 0 Å². The molecule has 1 nitrogen and oxygen atoms in total. The molecule has 2 rings (SSSR count). The molecule has 0 saturated carbocycles. The lowest BCUT2D eigenvalue weighted by Gasteiger charge is -2.02. The summed E-state index contributed by atoms with van der Waals surface area (Å²) in [6.07, 6.45) is 3.88. The van der Waals surface area contributed by atoms with Gasteiger partial charge in [0, 0.05) is 12.7 Å². The molecule has 0 heterocycles. The maximum Gasteiger partial charge on any atom is 0.0340 e. The molecule has 1 aliphatic rings. The van der Waals surface area contributed by atoms with Crippen LogP contribution in [0.2, 0.25) is 0 Å². The van der Waals surface area contributed by atoms with E-state index in [1.807, 2.05) is 20.9 Å². The molecule has 1 heteroatoms. The summed E-state index contributed by atoms with van der Waals surface area (Å²) in [6, 6.07) is 6.67. The Bertz CT molecular complexity index is 266. The van der Waals surface area contributed by atoms with Crippen molar-refractivity contribution in [2.45, 2.75) is 33.1 Å². The van der Waals surface area contributed by atoms with Gasteiger partial charge in [0.2, 0.25) is 0 Å². The quantitative estimate of drug-likeness (QED) is 0.694. The first-order valence-corrected chi connectivity index (χ1v) is 5.20. The summed E-state index contributed by atoms with van der Waals surface area (Å²) in [7, 11) is 1.97. The van der Waals surface area contributed by atoms with Crippen LogP contribution in [0, 0.1) is 0 Å². The number of fused-ring (bicyclic) bond motifs is 1. The molecule has 0 atom stereocenters. The van der Waals surface area contributed by atoms with Gasteiger partial charge in [-0.25, -0.2) is 0 Å². The van der Waals surface area contributed by atoms with Crippen molar-refractivity contribution in [1.82, 2.24) is 0 Å². The summed E-state index contributed by atoms with van der Waals surface area (Å²) in [5, 5.41) is 3.16. The van der Waals surface area contributed by atoms with E-state index < -0.39 is 0 Å². The van der Waals surface area contributed by atoms with Gasteiger partial charge in [0.1, 0.15) is 0 Å². The fourth-order valence-electron chi connectivity index (χ4n) is 1.73. The molecule has 0 amide bonds. The summed E-state index contributed by atoms with van der Waals surface area (Å²) < 4.78 is 0. The van der Waals surface area contributed by atoms with Crippen molar-refractivity contribution in [3.05, 3.63) is 29.3 Å². The third kappa shape index (κ3) is 2.24. The smallest absolute Gasteiger partial charge is 0.0340 e. The van der Waals surface area contributed by atoms with Gasteiger partial charge in [0.25, 0.3) is 0 Å². The molecule has 0 aliphatic heterocycles. The number of nitrogens with one attached hydrogen (secondary N) is 1. The Balaban J connectivity index is 0.000000396. The lowest BCUT2D eigenvalue weighted by molar-refractivity contribution is 0.912. The normalized spacial score (nSPS) is 12.8. The van der Waals surface area contributed by atoms with Crippen LogP contribution in [0.1, 0.15) is 31.4 Å². The first-order valence-electron chi connectivity index (χ1n) is 5.20. The largest absolute Gasteiger partial charge is 0.388 e. The number of hydrogen-bond acceptors (Lipinski definition) is 1. The van der Waals surface area contributed by atoms with Crippen molar-refractivity contribution in [2.24, 2.45) is 0 Å². The highest BCUT2D eigenvalue weighted by molar-refractivity contribution is 5.49. The van der Waals surface area contributed by atoms with E-state index in [-0.39, 0.29) is 0 Å². The predicted molar refractivity (Wildman–Crippen MR) is 59.4 cm³/mol. The highest BCUT2D eigenvalue weighted by Crippen LogP contribution is 2.24. The molecule has 0 spiro atoms. The van der Waals surface area contributed by atoms with Crippen molar-refractivity contribution in [3.8, 4) is 0 Å². The maximum atomic E-state index is 3.16. The SMILES string of the molecule is CC.CNc1ccc2c(c1)CCC2.